The summed E-state index contributed by atoms with van der Waals surface area (Å²) in [5.74, 6) is -2.78. The van der Waals surface area contributed by atoms with Gasteiger partial charge in [-0.25, -0.2) is 4.39 Å². The van der Waals surface area contributed by atoms with Gasteiger partial charge in [-0.1, -0.05) is 12.1 Å². The monoisotopic (exact) mass is 284 g/mol. The van der Waals surface area contributed by atoms with E-state index in [0.717, 1.165) is 12.1 Å². The molecule has 0 fully saturated rings. The minimum atomic E-state index is -1.35. The quantitative estimate of drug-likeness (QED) is 0.681. The maximum absolute atomic E-state index is 13.9. The van der Waals surface area contributed by atoms with Gasteiger partial charge in [-0.2, -0.15) is 9.37 Å². The number of benzene rings is 1. The summed E-state index contributed by atoms with van der Waals surface area (Å²) < 4.78 is 32.4. The second-order valence-electron chi connectivity index (χ2n) is 3.98. The third-order valence-corrected chi connectivity index (χ3v) is 2.69. The van der Waals surface area contributed by atoms with E-state index in [-0.39, 0.29) is 5.89 Å². The summed E-state index contributed by atoms with van der Waals surface area (Å²) in [7, 11) is 0. The molecule has 1 aromatic carbocycles. The fourth-order valence-electron chi connectivity index (χ4n) is 1.55. The molecular weight excluding hydrogens is 274 g/mol. The zero-order chi connectivity index (χ0) is 14.9. The number of halogens is 2. The van der Waals surface area contributed by atoms with E-state index < -0.39 is 39.7 Å². The van der Waals surface area contributed by atoms with Crippen molar-refractivity contribution in [2.45, 2.75) is 19.4 Å². The van der Waals surface area contributed by atoms with Crippen LogP contribution >= 0.6 is 0 Å². The highest BCUT2D eigenvalue weighted by molar-refractivity contribution is 5.61. The van der Waals surface area contributed by atoms with Crippen LogP contribution in [0.15, 0.2) is 16.7 Å². The Morgan fingerprint density at radius 3 is 2.80 bits per heavy atom. The second kappa shape index (κ2) is 5.29. The van der Waals surface area contributed by atoms with E-state index in [9.17, 15) is 18.9 Å². The lowest BCUT2D eigenvalue weighted by molar-refractivity contribution is -0.387. The van der Waals surface area contributed by atoms with E-state index in [2.05, 4.69) is 10.1 Å². The molecule has 0 aliphatic rings. The lowest BCUT2D eigenvalue weighted by Crippen LogP contribution is -2.08. The third-order valence-electron chi connectivity index (χ3n) is 2.69. The van der Waals surface area contributed by atoms with Gasteiger partial charge in [0.25, 0.3) is 0 Å². The second-order valence-corrected chi connectivity index (χ2v) is 3.98. The van der Waals surface area contributed by atoms with Gasteiger partial charge in [-0.15, -0.1) is 0 Å². The topological polar surface area (TPSA) is 108 Å². The zero-order valence-corrected chi connectivity index (χ0v) is 10.3. The van der Waals surface area contributed by atoms with E-state index in [1.54, 1.807) is 6.92 Å². The summed E-state index contributed by atoms with van der Waals surface area (Å²) in [6.45, 7) is 1.77. The van der Waals surface area contributed by atoms with Crippen LogP contribution in [-0.4, -0.2) is 15.1 Å². The molecule has 0 bridgehead atoms. The average molecular weight is 284 g/mol. The minimum absolute atomic E-state index is 0.00723. The summed E-state index contributed by atoms with van der Waals surface area (Å²) in [6, 6.07) is 0.931. The van der Waals surface area contributed by atoms with Crippen molar-refractivity contribution in [2.75, 3.05) is 0 Å². The smallest absolute Gasteiger partial charge is 0.305 e. The molecule has 20 heavy (non-hydrogen) atoms. The van der Waals surface area contributed by atoms with E-state index in [1.165, 1.54) is 0 Å². The first-order valence-corrected chi connectivity index (χ1v) is 5.67. The van der Waals surface area contributed by atoms with Crippen LogP contribution in [0.4, 0.5) is 14.5 Å². The molecule has 0 unspecified atom stereocenters. The van der Waals surface area contributed by atoms with Gasteiger partial charge in [-0.3, -0.25) is 10.1 Å². The first-order chi connectivity index (χ1) is 9.45. The number of nitrogens with zero attached hydrogens (tertiary/aromatic N) is 3. The number of nitrogens with two attached hydrogens (primary N) is 1. The van der Waals surface area contributed by atoms with Crippen molar-refractivity contribution in [3.8, 4) is 11.4 Å². The number of hydrogen-bond donors (Lipinski definition) is 1. The van der Waals surface area contributed by atoms with Gasteiger partial charge in [0, 0.05) is 6.07 Å². The van der Waals surface area contributed by atoms with E-state index >= 15 is 0 Å². The predicted molar refractivity (Wildman–Crippen MR) is 63.5 cm³/mol. The number of hydrogen-bond acceptors (Lipinski definition) is 6. The largest absolute Gasteiger partial charge is 0.337 e. The van der Waals surface area contributed by atoms with Crippen molar-refractivity contribution in [1.82, 2.24) is 10.1 Å². The van der Waals surface area contributed by atoms with Gasteiger partial charge < -0.3 is 10.3 Å². The van der Waals surface area contributed by atoms with Crippen molar-refractivity contribution in [2.24, 2.45) is 5.73 Å². The van der Waals surface area contributed by atoms with Crippen molar-refractivity contribution < 1.29 is 18.2 Å². The van der Waals surface area contributed by atoms with Crippen LogP contribution in [0.2, 0.25) is 0 Å². The van der Waals surface area contributed by atoms with Gasteiger partial charge in [0.1, 0.15) is 11.4 Å². The first-order valence-electron chi connectivity index (χ1n) is 5.67. The standard InChI is InChI=1S/C11H10F2N4O3/c1-2-6(14)11-15-10(16-20-11)8-5(12)3-4-7(9(8)13)17(18)19/h3-4,6H,2,14H2,1H3/t6-/m1/s1. The first kappa shape index (κ1) is 14.0. The SMILES string of the molecule is CC[C@@H](N)c1nc(-c2c(F)ccc([N+](=O)[O-])c2F)no1. The molecule has 0 saturated carbocycles. The molecule has 1 atom stereocenters. The summed E-state index contributed by atoms with van der Waals surface area (Å²) in [6.07, 6.45) is 0.488. The molecule has 0 spiro atoms. The van der Waals surface area contributed by atoms with Crippen LogP contribution < -0.4 is 5.73 Å². The van der Waals surface area contributed by atoms with Crippen LogP contribution in [0.1, 0.15) is 25.3 Å². The molecule has 1 heterocycles. The van der Waals surface area contributed by atoms with Gasteiger partial charge in [0.15, 0.2) is 0 Å². The van der Waals surface area contributed by atoms with Gasteiger partial charge in [-0.05, 0) is 12.5 Å². The highest BCUT2D eigenvalue weighted by Crippen LogP contribution is 2.30. The molecule has 9 heteroatoms. The third kappa shape index (κ3) is 2.35. The minimum Gasteiger partial charge on any atom is -0.337 e. The summed E-state index contributed by atoms with van der Waals surface area (Å²) in [5.41, 5.74) is 4.07. The van der Waals surface area contributed by atoms with Crippen LogP contribution in [0.3, 0.4) is 0 Å². The Kier molecular flexibility index (Phi) is 3.70. The summed E-state index contributed by atoms with van der Waals surface area (Å²) in [4.78, 5) is 13.4. The number of nitro groups is 1. The zero-order valence-electron chi connectivity index (χ0n) is 10.3. The Labute approximate surface area is 111 Å². The van der Waals surface area contributed by atoms with Crippen molar-refractivity contribution >= 4 is 5.69 Å². The molecule has 2 N–H and O–H groups in total. The lowest BCUT2D eigenvalue weighted by Gasteiger charge is -2.01. The molecule has 2 aromatic rings. The molecule has 7 nitrogen and oxygen atoms in total. The van der Waals surface area contributed by atoms with E-state index in [1.807, 2.05) is 0 Å². The van der Waals surface area contributed by atoms with Gasteiger partial charge >= 0.3 is 5.69 Å². The van der Waals surface area contributed by atoms with Gasteiger partial charge in [0.2, 0.25) is 17.5 Å². The van der Waals surface area contributed by atoms with Crippen molar-refractivity contribution in [1.29, 1.82) is 0 Å². The highest BCUT2D eigenvalue weighted by Gasteiger charge is 2.26. The molecule has 0 radical (unpaired) electrons. The Morgan fingerprint density at radius 2 is 2.20 bits per heavy atom. The normalized spacial score (nSPS) is 12.4. The average Bonchev–Trinajstić information content (AvgIpc) is 2.87. The Hall–Kier alpha value is -2.42. The maximum atomic E-state index is 13.9. The molecule has 0 aliphatic carbocycles. The molecular formula is C11H10F2N4O3. The molecule has 106 valence electrons. The molecule has 0 aliphatic heterocycles. The van der Waals surface area contributed by atoms with Crippen molar-refractivity contribution in [3.63, 3.8) is 0 Å². The fraction of sp³-hybridized carbons (Fsp3) is 0.273. The number of nitro benzene ring substituents is 1. The molecule has 0 saturated heterocycles. The Morgan fingerprint density at radius 1 is 1.50 bits per heavy atom. The fourth-order valence-corrected chi connectivity index (χ4v) is 1.55. The summed E-state index contributed by atoms with van der Waals surface area (Å²) >= 11 is 0. The van der Waals surface area contributed by atoms with Crippen LogP contribution in [-0.2, 0) is 0 Å². The molecule has 0 amide bonds. The molecule has 2 rings (SSSR count). The summed E-state index contributed by atoms with van der Waals surface area (Å²) in [5, 5.41) is 14.0. The maximum Gasteiger partial charge on any atom is 0.305 e. The number of aromatic nitrogens is 2. The van der Waals surface area contributed by atoms with Gasteiger partial charge in [0.05, 0.1) is 11.0 Å². The molecule has 1 aromatic heterocycles. The number of rotatable bonds is 4. The van der Waals surface area contributed by atoms with Crippen LogP contribution in [0.5, 0.6) is 0 Å². The van der Waals surface area contributed by atoms with Crippen LogP contribution in [0.25, 0.3) is 11.4 Å². The van der Waals surface area contributed by atoms with E-state index in [0.29, 0.717) is 6.42 Å². The highest BCUT2D eigenvalue weighted by atomic mass is 19.1. The van der Waals surface area contributed by atoms with Crippen molar-refractivity contribution in [3.05, 3.63) is 39.8 Å². The Balaban J connectivity index is 2.55. The predicted octanol–water partition coefficient (Wildman–Crippen LogP) is 2.33. The van der Waals surface area contributed by atoms with E-state index in [4.69, 9.17) is 10.3 Å². The Bertz CT molecular complexity index is 659. The lowest BCUT2D eigenvalue weighted by atomic mass is 10.1. The van der Waals surface area contributed by atoms with Crippen LogP contribution in [0, 0.1) is 21.7 Å².